The Kier molecular flexibility index (Phi) is 4.18. The fourth-order valence-electron chi connectivity index (χ4n) is 3.61. The molecule has 2 aromatic heterocycles. The monoisotopic (exact) mass is 423 g/mol. The number of aromatic nitrogens is 1. The summed E-state index contributed by atoms with van der Waals surface area (Å²) in [4.78, 5) is 20.8. The van der Waals surface area contributed by atoms with Gasteiger partial charge in [-0.1, -0.05) is 6.07 Å². The second-order valence-electron chi connectivity index (χ2n) is 6.91. The molecule has 0 bridgehead atoms. The van der Waals surface area contributed by atoms with Crippen LogP contribution in [0.3, 0.4) is 0 Å². The van der Waals surface area contributed by atoms with Crippen LogP contribution < -0.4 is 15.0 Å². The number of amides is 2. The Morgan fingerprint density at radius 3 is 2.57 bits per heavy atom. The van der Waals surface area contributed by atoms with E-state index in [2.05, 4.69) is 10.3 Å². The molecule has 2 aromatic carbocycles. The number of ether oxygens (including phenoxy) is 1. The summed E-state index contributed by atoms with van der Waals surface area (Å²) in [6.07, 6.45) is 1.68. The summed E-state index contributed by atoms with van der Waals surface area (Å²) >= 11 is 1.52. The van der Waals surface area contributed by atoms with E-state index in [-0.39, 0.29) is 11.8 Å². The van der Waals surface area contributed by atoms with E-state index in [1.807, 2.05) is 6.92 Å². The summed E-state index contributed by atoms with van der Waals surface area (Å²) in [5.41, 5.74) is 2.86. The Morgan fingerprint density at radius 2 is 1.83 bits per heavy atom. The highest BCUT2D eigenvalue weighted by Gasteiger charge is 2.30. The van der Waals surface area contributed by atoms with E-state index in [1.165, 1.54) is 17.4 Å². The lowest BCUT2D eigenvalue weighted by molar-refractivity contribution is 0.259. The Balaban J connectivity index is 1.57. The lowest BCUT2D eigenvalue weighted by Crippen LogP contribution is -2.34. The molecule has 3 heterocycles. The number of benzene rings is 2. The first-order chi connectivity index (χ1) is 14.4. The van der Waals surface area contributed by atoms with Crippen molar-refractivity contribution in [3.05, 3.63) is 70.7 Å². The van der Waals surface area contributed by atoms with Gasteiger partial charge >= 0.3 is 6.03 Å². The van der Waals surface area contributed by atoms with Gasteiger partial charge in [0.15, 0.2) is 17.4 Å². The molecule has 8 heteroatoms. The Morgan fingerprint density at radius 1 is 1.07 bits per heavy atom. The Hall–Kier alpha value is -3.52. The number of aryl methyl sites for hydroxylation is 2. The number of urea groups is 1. The zero-order chi connectivity index (χ0) is 21.0. The quantitative estimate of drug-likeness (QED) is 0.400. The maximum Gasteiger partial charge on any atom is 0.331 e. The number of carbonyl (C=O) groups is 1. The number of thiophene rings is 1. The zero-order valence-electron chi connectivity index (χ0n) is 16.0. The first kappa shape index (κ1) is 18.5. The minimum Gasteiger partial charge on any atom is -0.451 e. The van der Waals surface area contributed by atoms with Crippen LogP contribution in [0.4, 0.5) is 30.6 Å². The van der Waals surface area contributed by atoms with E-state index >= 15 is 0 Å². The molecule has 0 aliphatic carbocycles. The third-order valence-electron chi connectivity index (χ3n) is 4.97. The number of anilines is 3. The molecule has 2 amide bonds. The number of hydrogen-bond donors (Lipinski definition) is 1. The largest absolute Gasteiger partial charge is 0.451 e. The normalized spacial score (nSPS) is 12.9. The van der Waals surface area contributed by atoms with Crippen molar-refractivity contribution in [2.24, 2.45) is 0 Å². The fraction of sp³-hybridized carbons (Fsp3) is 0.0909. The van der Waals surface area contributed by atoms with Crippen molar-refractivity contribution in [1.29, 1.82) is 0 Å². The molecular formula is C22H15F2N3O2S. The molecule has 0 radical (unpaired) electrons. The van der Waals surface area contributed by atoms with Crippen LogP contribution in [0, 0.1) is 25.5 Å². The third-order valence-corrected chi connectivity index (χ3v) is 5.98. The van der Waals surface area contributed by atoms with E-state index < -0.39 is 17.4 Å². The SMILES string of the molecule is Cc1cc(Oc2c(F)cccc2F)ccc1N1C(=O)Nc2c(C)sc3nccc1c23. The van der Waals surface area contributed by atoms with E-state index in [1.54, 1.807) is 42.3 Å². The molecule has 5 nitrogen and oxygen atoms in total. The number of carbonyl (C=O) groups excluding carboxylic acids is 1. The van der Waals surface area contributed by atoms with Crippen molar-refractivity contribution in [3.63, 3.8) is 0 Å². The molecule has 0 spiro atoms. The molecule has 0 saturated carbocycles. The summed E-state index contributed by atoms with van der Waals surface area (Å²) < 4.78 is 33.2. The van der Waals surface area contributed by atoms with Crippen LogP contribution >= 0.6 is 11.3 Å². The van der Waals surface area contributed by atoms with Crippen LogP contribution in [0.2, 0.25) is 0 Å². The van der Waals surface area contributed by atoms with E-state index in [9.17, 15) is 13.6 Å². The molecule has 0 unspecified atom stereocenters. The first-order valence-corrected chi connectivity index (χ1v) is 9.97. The smallest absolute Gasteiger partial charge is 0.331 e. The van der Waals surface area contributed by atoms with Crippen LogP contribution in [0.15, 0.2) is 48.7 Å². The lowest BCUT2D eigenvalue weighted by atomic mass is 10.1. The molecular weight excluding hydrogens is 408 g/mol. The van der Waals surface area contributed by atoms with Crippen LogP contribution in [0.25, 0.3) is 10.2 Å². The van der Waals surface area contributed by atoms with Gasteiger partial charge in [0.25, 0.3) is 0 Å². The average molecular weight is 423 g/mol. The molecule has 150 valence electrons. The Labute approximate surface area is 174 Å². The van der Waals surface area contributed by atoms with Gasteiger partial charge in [-0.05, 0) is 55.8 Å². The minimum atomic E-state index is -0.785. The molecule has 0 fully saturated rings. The van der Waals surface area contributed by atoms with Gasteiger partial charge in [-0.3, -0.25) is 4.90 Å². The van der Waals surface area contributed by atoms with Gasteiger partial charge in [0.2, 0.25) is 0 Å². The average Bonchev–Trinajstić information content (AvgIpc) is 3.03. The van der Waals surface area contributed by atoms with Crippen molar-refractivity contribution in [2.75, 3.05) is 10.2 Å². The second kappa shape index (κ2) is 6.77. The predicted molar refractivity (Wildman–Crippen MR) is 113 cm³/mol. The van der Waals surface area contributed by atoms with Gasteiger partial charge in [-0.15, -0.1) is 11.3 Å². The van der Waals surface area contributed by atoms with Crippen molar-refractivity contribution >= 4 is 44.6 Å². The van der Waals surface area contributed by atoms with E-state index in [4.69, 9.17) is 4.74 Å². The summed E-state index contributed by atoms with van der Waals surface area (Å²) in [5.74, 6) is -1.77. The van der Waals surface area contributed by atoms with Gasteiger partial charge in [-0.2, -0.15) is 0 Å². The highest BCUT2D eigenvalue weighted by Crippen LogP contribution is 2.46. The molecule has 4 aromatic rings. The fourth-order valence-corrected chi connectivity index (χ4v) is 4.57. The molecule has 0 saturated heterocycles. The molecule has 1 N–H and O–H groups in total. The summed E-state index contributed by atoms with van der Waals surface area (Å²) in [5, 5.41) is 3.84. The minimum absolute atomic E-state index is 0.268. The summed E-state index contributed by atoms with van der Waals surface area (Å²) in [6, 6.07) is 9.97. The van der Waals surface area contributed by atoms with Gasteiger partial charge in [-0.25, -0.2) is 18.6 Å². The summed E-state index contributed by atoms with van der Waals surface area (Å²) in [6.45, 7) is 3.75. The standard InChI is InChI=1S/C22H15F2N3O2S/c1-11-10-13(29-20-14(23)4-3-5-15(20)24)6-7-16(11)27-17-8-9-25-21-18(17)19(12(2)30-21)26-22(27)28/h3-10H,1-2H3,(H,26,28). The molecule has 5 rings (SSSR count). The van der Waals surface area contributed by atoms with Crippen molar-refractivity contribution in [1.82, 2.24) is 4.98 Å². The van der Waals surface area contributed by atoms with Crippen molar-refractivity contribution in [2.45, 2.75) is 13.8 Å². The Bertz CT molecular complexity index is 1320. The van der Waals surface area contributed by atoms with Crippen LogP contribution in [0.5, 0.6) is 11.5 Å². The number of para-hydroxylation sites is 1. The first-order valence-electron chi connectivity index (χ1n) is 9.16. The molecule has 30 heavy (non-hydrogen) atoms. The van der Waals surface area contributed by atoms with Crippen LogP contribution in [-0.4, -0.2) is 11.0 Å². The van der Waals surface area contributed by atoms with Crippen molar-refractivity contribution < 1.29 is 18.3 Å². The van der Waals surface area contributed by atoms with E-state index in [0.717, 1.165) is 38.6 Å². The molecule has 1 aliphatic rings. The maximum absolute atomic E-state index is 13.9. The van der Waals surface area contributed by atoms with Gasteiger partial charge in [0.05, 0.1) is 22.4 Å². The topological polar surface area (TPSA) is 54.5 Å². The summed E-state index contributed by atoms with van der Waals surface area (Å²) in [7, 11) is 0. The maximum atomic E-state index is 13.9. The van der Waals surface area contributed by atoms with Crippen LogP contribution in [-0.2, 0) is 0 Å². The number of nitrogens with one attached hydrogen (secondary N) is 1. The van der Waals surface area contributed by atoms with Crippen molar-refractivity contribution in [3.8, 4) is 11.5 Å². The predicted octanol–water partition coefficient (Wildman–Crippen LogP) is 6.67. The van der Waals surface area contributed by atoms with E-state index in [0.29, 0.717) is 11.3 Å². The number of hydrogen-bond acceptors (Lipinski definition) is 4. The second-order valence-corrected chi connectivity index (χ2v) is 8.11. The molecule has 0 atom stereocenters. The van der Waals surface area contributed by atoms with Gasteiger partial charge in [0, 0.05) is 11.1 Å². The number of pyridine rings is 1. The van der Waals surface area contributed by atoms with Crippen LogP contribution in [0.1, 0.15) is 10.4 Å². The lowest BCUT2D eigenvalue weighted by Gasteiger charge is -2.29. The number of rotatable bonds is 3. The van der Waals surface area contributed by atoms with Gasteiger partial charge < -0.3 is 10.1 Å². The highest BCUT2D eigenvalue weighted by atomic mass is 32.1. The third kappa shape index (κ3) is 2.80. The number of halogens is 2. The van der Waals surface area contributed by atoms with Gasteiger partial charge in [0.1, 0.15) is 10.6 Å². The number of nitrogens with zero attached hydrogens (tertiary/aromatic N) is 2. The molecule has 1 aliphatic heterocycles. The highest BCUT2D eigenvalue weighted by molar-refractivity contribution is 7.19. The zero-order valence-corrected chi connectivity index (χ0v) is 16.8.